The van der Waals surface area contributed by atoms with Gasteiger partial charge in [0.25, 0.3) is 0 Å². The van der Waals surface area contributed by atoms with E-state index in [9.17, 15) is 4.39 Å². The van der Waals surface area contributed by atoms with E-state index in [0.29, 0.717) is 21.1 Å². The molecule has 0 aliphatic heterocycles. The minimum atomic E-state index is -0.353. The Bertz CT molecular complexity index is 487. The zero-order chi connectivity index (χ0) is 10.1. The summed E-state index contributed by atoms with van der Waals surface area (Å²) >= 11 is 3.22. The van der Waals surface area contributed by atoms with Crippen molar-refractivity contribution in [2.24, 2.45) is 0 Å². The number of benzene rings is 1. The molecule has 0 N–H and O–H groups in total. The highest BCUT2D eigenvalue weighted by Crippen LogP contribution is 2.28. The van der Waals surface area contributed by atoms with Crippen LogP contribution in [0.2, 0.25) is 0 Å². The highest BCUT2D eigenvalue weighted by Gasteiger charge is 2.07. The zero-order valence-electron chi connectivity index (χ0n) is 7.42. The number of halogens is 2. The fourth-order valence-electron chi connectivity index (χ4n) is 1.33. The summed E-state index contributed by atoms with van der Waals surface area (Å²) in [6, 6.07) is 4.87. The van der Waals surface area contributed by atoms with Gasteiger partial charge in [-0.3, -0.25) is 4.98 Å². The van der Waals surface area contributed by atoms with Crippen molar-refractivity contribution < 1.29 is 9.13 Å². The van der Waals surface area contributed by atoms with E-state index in [1.165, 1.54) is 12.3 Å². The third kappa shape index (κ3) is 1.46. The number of fused-ring (bicyclic) bond motifs is 1. The fraction of sp³-hybridized carbons (Fsp3) is 0.100. The van der Waals surface area contributed by atoms with Crippen molar-refractivity contribution in [2.75, 3.05) is 7.11 Å². The number of pyridine rings is 1. The summed E-state index contributed by atoms with van der Waals surface area (Å²) in [5.41, 5.74) is 0.326. The zero-order valence-corrected chi connectivity index (χ0v) is 9.01. The van der Waals surface area contributed by atoms with E-state index < -0.39 is 0 Å². The van der Waals surface area contributed by atoms with E-state index in [0.717, 1.165) is 0 Å². The van der Waals surface area contributed by atoms with Crippen molar-refractivity contribution >= 4 is 26.8 Å². The Morgan fingerprint density at radius 1 is 1.43 bits per heavy atom. The van der Waals surface area contributed by atoms with Crippen LogP contribution in [0.5, 0.6) is 5.75 Å². The van der Waals surface area contributed by atoms with E-state index >= 15 is 0 Å². The molecule has 0 amide bonds. The van der Waals surface area contributed by atoms with Crippen molar-refractivity contribution in [3.63, 3.8) is 0 Å². The Morgan fingerprint density at radius 2 is 2.21 bits per heavy atom. The predicted octanol–water partition coefficient (Wildman–Crippen LogP) is 3.15. The second-order valence-corrected chi connectivity index (χ2v) is 3.71. The Morgan fingerprint density at radius 3 is 2.93 bits per heavy atom. The van der Waals surface area contributed by atoms with Gasteiger partial charge in [0, 0.05) is 16.1 Å². The molecule has 1 aromatic carbocycles. The molecule has 0 radical (unpaired) electrons. The van der Waals surface area contributed by atoms with Crippen LogP contribution in [0.15, 0.2) is 28.9 Å². The van der Waals surface area contributed by atoms with Crippen LogP contribution in [0.4, 0.5) is 4.39 Å². The first-order valence-corrected chi connectivity index (χ1v) is 4.79. The maximum atomic E-state index is 13.4. The normalized spacial score (nSPS) is 10.5. The van der Waals surface area contributed by atoms with Gasteiger partial charge >= 0.3 is 0 Å². The Kier molecular flexibility index (Phi) is 2.37. The summed E-state index contributed by atoms with van der Waals surface area (Å²) in [7, 11) is 1.55. The van der Waals surface area contributed by atoms with Gasteiger partial charge in [-0.25, -0.2) is 4.39 Å². The smallest absolute Gasteiger partial charge is 0.150 e. The second kappa shape index (κ2) is 3.53. The van der Waals surface area contributed by atoms with Gasteiger partial charge < -0.3 is 4.74 Å². The molecule has 0 fully saturated rings. The summed E-state index contributed by atoms with van der Waals surface area (Å²) < 4.78 is 19.2. The highest BCUT2D eigenvalue weighted by molar-refractivity contribution is 9.10. The molecule has 0 bridgehead atoms. The van der Waals surface area contributed by atoms with Crippen LogP contribution in [0.3, 0.4) is 0 Å². The van der Waals surface area contributed by atoms with Gasteiger partial charge in [0.1, 0.15) is 11.3 Å². The Hall–Kier alpha value is -1.16. The number of ether oxygens (including phenoxy) is 1. The minimum Gasteiger partial charge on any atom is -0.496 e. The van der Waals surface area contributed by atoms with Crippen molar-refractivity contribution in [2.45, 2.75) is 0 Å². The average Bonchev–Trinajstić information content (AvgIpc) is 2.17. The maximum Gasteiger partial charge on any atom is 0.150 e. The van der Waals surface area contributed by atoms with E-state index in [-0.39, 0.29) is 5.82 Å². The lowest BCUT2D eigenvalue weighted by Gasteiger charge is -2.05. The SMILES string of the molecule is COc1ccnc2c(F)cc(Br)cc12. The Labute approximate surface area is 88.8 Å². The predicted molar refractivity (Wildman–Crippen MR) is 56.0 cm³/mol. The number of hydrogen-bond acceptors (Lipinski definition) is 2. The number of methoxy groups -OCH3 is 1. The molecule has 0 aliphatic rings. The van der Waals surface area contributed by atoms with Crippen molar-refractivity contribution in [3.8, 4) is 5.75 Å². The van der Waals surface area contributed by atoms with E-state index in [2.05, 4.69) is 20.9 Å². The van der Waals surface area contributed by atoms with Gasteiger partial charge in [0.05, 0.1) is 7.11 Å². The summed E-state index contributed by atoms with van der Waals surface area (Å²) in [5, 5.41) is 0.668. The first kappa shape index (κ1) is 9.40. The third-order valence-corrected chi connectivity index (χ3v) is 2.40. The van der Waals surface area contributed by atoms with Crippen molar-refractivity contribution in [3.05, 3.63) is 34.7 Å². The van der Waals surface area contributed by atoms with Crippen LogP contribution < -0.4 is 4.74 Å². The summed E-state index contributed by atoms with van der Waals surface area (Å²) in [5.74, 6) is 0.267. The molecule has 0 saturated carbocycles. The van der Waals surface area contributed by atoms with Crippen molar-refractivity contribution in [1.82, 2.24) is 4.98 Å². The molecule has 2 rings (SSSR count). The molecule has 4 heteroatoms. The molecular weight excluding hydrogens is 249 g/mol. The molecule has 2 nitrogen and oxygen atoms in total. The summed E-state index contributed by atoms with van der Waals surface area (Å²) in [4.78, 5) is 3.95. The minimum absolute atomic E-state index is 0.326. The molecule has 14 heavy (non-hydrogen) atoms. The van der Waals surface area contributed by atoms with Crippen LogP contribution in [0, 0.1) is 5.82 Å². The van der Waals surface area contributed by atoms with Crippen LogP contribution in [-0.2, 0) is 0 Å². The number of hydrogen-bond donors (Lipinski definition) is 0. The van der Waals surface area contributed by atoms with Crippen molar-refractivity contribution in [1.29, 1.82) is 0 Å². The quantitative estimate of drug-likeness (QED) is 0.781. The number of aromatic nitrogens is 1. The monoisotopic (exact) mass is 255 g/mol. The van der Waals surface area contributed by atoms with Gasteiger partial charge in [-0.15, -0.1) is 0 Å². The third-order valence-electron chi connectivity index (χ3n) is 1.94. The summed E-state index contributed by atoms with van der Waals surface area (Å²) in [6.45, 7) is 0. The molecular formula is C10H7BrFNO. The van der Waals surface area contributed by atoms with Gasteiger partial charge in [-0.2, -0.15) is 0 Å². The van der Waals surface area contributed by atoms with Gasteiger partial charge in [0.15, 0.2) is 5.82 Å². The van der Waals surface area contributed by atoms with Gasteiger partial charge in [-0.05, 0) is 18.2 Å². The number of rotatable bonds is 1. The Balaban J connectivity index is 2.86. The molecule has 0 unspecified atom stereocenters. The van der Waals surface area contributed by atoms with Crippen LogP contribution in [-0.4, -0.2) is 12.1 Å². The molecule has 0 saturated heterocycles. The lowest BCUT2D eigenvalue weighted by Crippen LogP contribution is -1.89. The molecule has 0 aliphatic carbocycles. The molecule has 1 heterocycles. The standard InChI is InChI=1S/C10H7BrFNO/c1-14-9-2-3-13-10-7(9)4-6(11)5-8(10)12/h2-5H,1H3. The molecule has 2 aromatic rings. The highest BCUT2D eigenvalue weighted by atomic mass is 79.9. The largest absolute Gasteiger partial charge is 0.496 e. The van der Waals surface area contributed by atoms with E-state index in [1.807, 2.05) is 0 Å². The lowest BCUT2D eigenvalue weighted by molar-refractivity contribution is 0.419. The van der Waals surface area contributed by atoms with Crippen LogP contribution in [0.1, 0.15) is 0 Å². The topological polar surface area (TPSA) is 22.1 Å². The molecule has 0 atom stereocenters. The lowest BCUT2D eigenvalue weighted by atomic mass is 10.2. The first-order valence-electron chi connectivity index (χ1n) is 4.00. The van der Waals surface area contributed by atoms with E-state index in [4.69, 9.17) is 4.74 Å². The van der Waals surface area contributed by atoms with E-state index in [1.54, 1.807) is 19.2 Å². The average molecular weight is 256 g/mol. The second-order valence-electron chi connectivity index (χ2n) is 2.80. The summed E-state index contributed by atoms with van der Waals surface area (Å²) in [6.07, 6.45) is 1.53. The fourth-order valence-corrected chi connectivity index (χ4v) is 1.76. The molecule has 72 valence electrons. The molecule has 1 aromatic heterocycles. The van der Waals surface area contributed by atoms with Crippen LogP contribution >= 0.6 is 15.9 Å². The van der Waals surface area contributed by atoms with Crippen LogP contribution in [0.25, 0.3) is 10.9 Å². The van der Waals surface area contributed by atoms with Gasteiger partial charge in [0.2, 0.25) is 0 Å². The molecule has 0 spiro atoms. The number of nitrogens with zero attached hydrogens (tertiary/aromatic N) is 1. The maximum absolute atomic E-state index is 13.4. The van der Waals surface area contributed by atoms with Gasteiger partial charge in [-0.1, -0.05) is 15.9 Å². The first-order chi connectivity index (χ1) is 6.72.